The smallest absolute Gasteiger partial charge is 0.338 e. The molecule has 49 heavy (non-hydrogen) atoms. The van der Waals surface area contributed by atoms with Crippen molar-refractivity contribution in [1.29, 1.82) is 0 Å². The Morgan fingerprint density at radius 2 is 0.980 bits per heavy atom. The predicted molar refractivity (Wildman–Crippen MR) is 203 cm³/mol. The number of carbonyl (C=O) groups is 2. The maximum Gasteiger partial charge on any atom is 0.338 e. The van der Waals surface area contributed by atoms with E-state index in [1.54, 1.807) is 13.8 Å². The van der Waals surface area contributed by atoms with Gasteiger partial charge in [-0.25, -0.2) is 9.59 Å². The van der Waals surface area contributed by atoms with Crippen molar-refractivity contribution in [3.8, 4) is 11.5 Å². The lowest BCUT2D eigenvalue weighted by molar-refractivity contribution is -0.130. The standard InChI is InChI=1S/C44H36O4S/c1-27(2)43(45)47-35-15-9-11-29(23-35)19-21-33-25-31-13-5-7-17-37(31)39-40-38-18-8-6-14-32(38)26-34(42(40)49-41(33)39)22-20-30-12-10-16-36(24-30)48-44(46)28(3)4/h5-18,23-26H,1,3,19-22H2,2,4H3. The third-order valence-electron chi connectivity index (χ3n) is 8.89. The summed E-state index contributed by atoms with van der Waals surface area (Å²) in [6.07, 6.45) is 3.30. The maximum atomic E-state index is 12.1. The highest BCUT2D eigenvalue weighted by Crippen LogP contribution is 2.46. The Morgan fingerprint density at radius 1 is 0.551 bits per heavy atom. The van der Waals surface area contributed by atoms with Crippen molar-refractivity contribution < 1.29 is 19.1 Å². The topological polar surface area (TPSA) is 52.6 Å². The highest BCUT2D eigenvalue weighted by atomic mass is 32.1. The monoisotopic (exact) mass is 660 g/mol. The minimum atomic E-state index is -0.416. The van der Waals surface area contributed by atoms with Crippen LogP contribution in [0.3, 0.4) is 0 Å². The number of thiophene rings is 1. The fourth-order valence-corrected chi connectivity index (χ4v) is 7.87. The molecule has 1 aromatic heterocycles. The molecule has 0 bridgehead atoms. The first-order valence-corrected chi connectivity index (χ1v) is 17.3. The van der Waals surface area contributed by atoms with Gasteiger partial charge in [0.05, 0.1) is 0 Å². The van der Waals surface area contributed by atoms with Crippen molar-refractivity contribution in [3.05, 3.63) is 156 Å². The molecule has 0 saturated carbocycles. The van der Waals surface area contributed by atoms with E-state index in [0.717, 1.165) is 36.8 Å². The number of aryl methyl sites for hydroxylation is 4. The van der Waals surface area contributed by atoms with Gasteiger partial charge in [0.15, 0.2) is 0 Å². The average molecular weight is 661 g/mol. The van der Waals surface area contributed by atoms with Crippen molar-refractivity contribution >= 4 is 65.0 Å². The Hall–Kier alpha value is -5.52. The van der Waals surface area contributed by atoms with Crippen LogP contribution in [-0.4, -0.2) is 11.9 Å². The van der Waals surface area contributed by atoms with Crippen LogP contribution >= 0.6 is 11.3 Å². The molecule has 1 heterocycles. The minimum Gasteiger partial charge on any atom is -0.423 e. The summed E-state index contributed by atoms with van der Waals surface area (Å²) in [5.74, 6) is 0.236. The first-order chi connectivity index (χ1) is 23.7. The molecule has 0 saturated heterocycles. The lowest BCUT2D eigenvalue weighted by atomic mass is 9.93. The molecule has 0 spiro atoms. The van der Waals surface area contributed by atoms with Gasteiger partial charge in [0.25, 0.3) is 0 Å². The molecular formula is C44H36O4S. The summed E-state index contributed by atoms with van der Waals surface area (Å²) in [6.45, 7) is 10.7. The average Bonchev–Trinajstić information content (AvgIpc) is 3.52. The number of hydrogen-bond donors (Lipinski definition) is 0. The number of fused-ring (bicyclic) bond motifs is 7. The quantitative estimate of drug-likeness (QED) is 0.0832. The van der Waals surface area contributed by atoms with Gasteiger partial charge in [-0.1, -0.05) is 86.0 Å². The molecule has 242 valence electrons. The number of esters is 2. The van der Waals surface area contributed by atoms with Crippen LogP contribution in [0.2, 0.25) is 0 Å². The van der Waals surface area contributed by atoms with Crippen LogP contribution in [0.15, 0.2) is 133 Å². The van der Waals surface area contributed by atoms with E-state index in [2.05, 4.69) is 86.0 Å². The number of hydrogen-bond acceptors (Lipinski definition) is 5. The Labute approximate surface area is 289 Å². The molecule has 0 aliphatic carbocycles. The lowest BCUT2D eigenvalue weighted by Crippen LogP contribution is -2.08. The molecule has 0 amide bonds. The van der Waals surface area contributed by atoms with E-state index in [1.165, 1.54) is 52.8 Å². The molecule has 6 aromatic carbocycles. The third-order valence-corrected chi connectivity index (χ3v) is 10.2. The number of ether oxygens (including phenoxy) is 2. The fourth-order valence-electron chi connectivity index (χ4n) is 6.45. The molecule has 0 aliphatic heterocycles. The number of carbonyl (C=O) groups excluding carboxylic acids is 2. The van der Waals surface area contributed by atoms with Crippen molar-refractivity contribution in [2.75, 3.05) is 0 Å². The van der Waals surface area contributed by atoms with Crippen LogP contribution in [0, 0.1) is 0 Å². The number of benzene rings is 6. The van der Waals surface area contributed by atoms with Crippen LogP contribution in [0.1, 0.15) is 36.1 Å². The van der Waals surface area contributed by atoms with Gasteiger partial charge in [-0.15, -0.1) is 11.3 Å². The van der Waals surface area contributed by atoms with Crippen molar-refractivity contribution in [3.63, 3.8) is 0 Å². The molecule has 7 aromatic rings. The summed E-state index contributed by atoms with van der Waals surface area (Å²) in [7, 11) is 0. The van der Waals surface area contributed by atoms with Crippen LogP contribution < -0.4 is 9.47 Å². The lowest BCUT2D eigenvalue weighted by Gasteiger charge is -2.11. The predicted octanol–water partition coefficient (Wildman–Crippen LogP) is 10.9. The zero-order chi connectivity index (χ0) is 34.1. The zero-order valence-corrected chi connectivity index (χ0v) is 28.5. The maximum absolute atomic E-state index is 12.1. The number of rotatable bonds is 10. The largest absolute Gasteiger partial charge is 0.423 e. The summed E-state index contributed by atoms with van der Waals surface area (Å²) in [6, 6.07) is 37.6. The second-order valence-corrected chi connectivity index (χ2v) is 13.7. The van der Waals surface area contributed by atoms with Gasteiger partial charge in [-0.3, -0.25) is 0 Å². The zero-order valence-electron chi connectivity index (χ0n) is 27.7. The van der Waals surface area contributed by atoms with E-state index in [0.29, 0.717) is 22.6 Å². The summed E-state index contributed by atoms with van der Waals surface area (Å²) in [5.41, 5.74) is 5.58. The SMILES string of the molecule is C=C(C)C(=O)Oc1cccc(CCc2cc3ccccc3c3c2sc2c(CCc4cccc(OC(=O)C(=C)C)c4)cc4ccccc4c23)c1. The van der Waals surface area contributed by atoms with Gasteiger partial charge in [0.2, 0.25) is 0 Å². The second-order valence-electron chi connectivity index (χ2n) is 12.7. The van der Waals surface area contributed by atoms with E-state index < -0.39 is 11.9 Å². The van der Waals surface area contributed by atoms with E-state index >= 15 is 0 Å². The molecule has 5 heteroatoms. The molecule has 0 aliphatic rings. The summed E-state index contributed by atoms with van der Waals surface area (Å²) < 4.78 is 13.7. The van der Waals surface area contributed by atoms with Gasteiger partial charge in [0, 0.05) is 31.3 Å². The summed E-state index contributed by atoms with van der Waals surface area (Å²) >= 11 is 1.89. The summed E-state index contributed by atoms with van der Waals surface area (Å²) in [4.78, 5) is 24.3. The Morgan fingerprint density at radius 3 is 1.41 bits per heavy atom. The Kier molecular flexibility index (Phi) is 8.85. The molecule has 0 unspecified atom stereocenters. The highest BCUT2D eigenvalue weighted by molar-refractivity contribution is 7.26. The van der Waals surface area contributed by atoms with Crippen LogP contribution in [-0.2, 0) is 35.3 Å². The van der Waals surface area contributed by atoms with E-state index in [4.69, 9.17) is 9.47 Å². The third kappa shape index (κ3) is 6.63. The summed E-state index contributed by atoms with van der Waals surface area (Å²) in [5, 5.41) is 7.59. The molecule has 0 atom stereocenters. The van der Waals surface area contributed by atoms with E-state index in [-0.39, 0.29) is 0 Å². The van der Waals surface area contributed by atoms with Gasteiger partial charge in [0.1, 0.15) is 11.5 Å². The molecular weight excluding hydrogens is 625 g/mol. The van der Waals surface area contributed by atoms with E-state index in [9.17, 15) is 9.59 Å². The molecule has 0 N–H and O–H groups in total. The van der Waals surface area contributed by atoms with Gasteiger partial charge < -0.3 is 9.47 Å². The van der Waals surface area contributed by atoms with Gasteiger partial charge >= 0.3 is 11.9 Å². The second kappa shape index (κ2) is 13.5. The van der Waals surface area contributed by atoms with Gasteiger partial charge in [-0.05, 0) is 120 Å². The molecule has 0 radical (unpaired) electrons. The van der Waals surface area contributed by atoms with Crippen LogP contribution in [0.25, 0.3) is 41.7 Å². The molecule has 0 fully saturated rings. The first kappa shape index (κ1) is 32.0. The van der Waals surface area contributed by atoms with Crippen LogP contribution in [0.4, 0.5) is 0 Å². The van der Waals surface area contributed by atoms with Crippen molar-refractivity contribution in [2.45, 2.75) is 39.5 Å². The van der Waals surface area contributed by atoms with Crippen molar-refractivity contribution in [2.24, 2.45) is 0 Å². The van der Waals surface area contributed by atoms with Gasteiger partial charge in [-0.2, -0.15) is 0 Å². The fraction of sp³-hybridized carbons (Fsp3) is 0.136. The Balaban J connectivity index is 1.30. The minimum absolute atomic E-state index is 0.373. The molecule has 4 nitrogen and oxygen atoms in total. The van der Waals surface area contributed by atoms with Crippen molar-refractivity contribution in [1.82, 2.24) is 0 Å². The molecule has 7 rings (SSSR count). The Bertz CT molecular complexity index is 2280. The normalized spacial score (nSPS) is 11.3. The van der Waals surface area contributed by atoms with Crippen LogP contribution in [0.5, 0.6) is 11.5 Å². The highest BCUT2D eigenvalue weighted by Gasteiger charge is 2.19. The van der Waals surface area contributed by atoms with E-state index in [1.807, 2.05) is 47.7 Å². The first-order valence-electron chi connectivity index (χ1n) is 16.5.